The predicted octanol–water partition coefficient (Wildman–Crippen LogP) is 2.93. The second-order valence-corrected chi connectivity index (χ2v) is 5.57. The highest BCUT2D eigenvalue weighted by molar-refractivity contribution is 5.81. The molecule has 0 aromatic heterocycles. The maximum atomic E-state index is 12.4. The number of hydrogen-bond acceptors (Lipinski definition) is 3. The standard InChI is InChI=1S/C15H16F3N3O/c1-14(9-19,10-2-3-10)21-13(22)8-20-12-6-4-11(5-7-12)15(16,17)18/h4-7,10,20H,2-3,8H2,1H3,(H,21,22)/t14-/m1/s1. The van der Waals surface area contributed by atoms with Gasteiger partial charge < -0.3 is 10.6 Å². The molecule has 1 aliphatic carbocycles. The van der Waals surface area contributed by atoms with Gasteiger partial charge >= 0.3 is 6.18 Å². The van der Waals surface area contributed by atoms with E-state index in [0.29, 0.717) is 5.69 Å². The molecule has 1 atom stereocenters. The monoisotopic (exact) mass is 311 g/mol. The molecule has 0 heterocycles. The minimum absolute atomic E-state index is 0.102. The quantitative estimate of drug-likeness (QED) is 0.879. The van der Waals surface area contributed by atoms with Gasteiger partial charge in [-0.25, -0.2) is 0 Å². The van der Waals surface area contributed by atoms with Crippen LogP contribution in [0.2, 0.25) is 0 Å². The molecular weight excluding hydrogens is 295 g/mol. The van der Waals surface area contributed by atoms with Gasteiger partial charge in [-0.3, -0.25) is 4.79 Å². The van der Waals surface area contributed by atoms with E-state index in [4.69, 9.17) is 5.26 Å². The fraction of sp³-hybridized carbons (Fsp3) is 0.467. The van der Waals surface area contributed by atoms with E-state index in [9.17, 15) is 18.0 Å². The summed E-state index contributed by atoms with van der Waals surface area (Å²) in [4.78, 5) is 11.8. The third kappa shape index (κ3) is 3.91. The highest BCUT2D eigenvalue weighted by Gasteiger charge is 2.42. The number of anilines is 1. The summed E-state index contributed by atoms with van der Waals surface area (Å²) in [6.07, 6.45) is -2.55. The number of halogens is 3. The van der Waals surface area contributed by atoms with E-state index in [1.807, 2.05) is 0 Å². The Hall–Kier alpha value is -2.23. The molecule has 0 aliphatic heterocycles. The molecule has 0 saturated heterocycles. The van der Waals surface area contributed by atoms with Gasteiger partial charge in [-0.05, 0) is 49.9 Å². The number of nitrogens with zero attached hydrogens (tertiary/aromatic N) is 1. The van der Waals surface area contributed by atoms with E-state index in [1.54, 1.807) is 6.92 Å². The summed E-state index contributed by atoms with van der Waals surface area (Å²) < 4.78 is 37.3. The zero-order valence-electron chi connectivity index (χ0n) is 12.0. The zero-order chi connectivity index (χ0) is 16.4. The summed E-state index contributed by atoms with van der Waals surface area (Å²) >= 11 is 0. The van der Waals surface area contributed by atoms with Gasteiger partial charge in [-0.1, -0.05) is 0 Å². The second-order valence-electron chi connectivity index (χ2n) is 5.57. The number of rotatable bonds is 5. The number of amides is 1. The number of carbonyl (C=O) groups excluding carboxylic acids is 1. The minimum Gasteiger partial charge on any atom is -0.376 e. The molecule has 118 valence electrons. The summed E-state index contributed by atoms with van der Waals surface area (Å²) in [5.74, 6) is -0.191. The second kappa shape index (κ2) is 5.87. The molecule has 1 saturated carbocycles. The van der Waals surface area contributed by atoms with Gasteiger partial charge in [0.15, 0.2) is 0 Å². The summed E-state index contributed by atoms with van der Waals surface area (Å²) in [7, 11) is 0. The van der Waals surface area contributed by atoms with E-state index in [1.165, 1.54) is 12.1 Å². The first-order chi connectivity index (χ1) is 10.2. The lowest BCUT2D eigenvalue weighted by atomic mass is 9.98. The molecule has 2 N–H and O–H groups in total. The smallest absolute Gasteiger partial charge is 0.376 e. The number of alkyl halides is 3. The molecular formula is C15H16F3N3O. The number of nitrogens with one attached hydrogen (secondary N) is 2. The van der Waals surface area contributed by atoms with Crippen molar-refractivity contribution in [2.45, 2.75) is 31.5 Å². The Morgan fingerprint density at radius 2 is 1.91 bits per heavy atom. The Morgan fingerprint density at radius 1 is 1.32 bits per heavy atom. The van der Waals surface area contributed by atoms with Crippen LogP contribution in [0.25, 0.3) is 0 Å². The summed E-state index contributed by atoms with van der Waals surface area (Å²) in [5, 5.41) is 14.6. The molecule has 1 aromatic rings. The van der Waals surface area contributed by atoms with E-state index in [0.717, 1.165) is 25.0 Å². The fourth-order valence-corrected chi connectivity index (χ4v) is 2.18. The van der Waals surface area contributed by atoms with Crippen LogP contribution in [0.5, 0.6) is 0 Å². The summed E-state index contributed by atoms with van der Waals surface area (Å²) in [6.45, 7) is 1.58. The van der Waals surface area contributed by atoms with Crippen LogP contribution in [0, 0.1) is 17.2 Å². The van der Waals surface area contributed by atoms with Gasteiger partial charge in [0.25, 0.3) is 0 Å². The number of hydrogen-bond donors (Lipinski definition) is 2. The molecule has 0 unspecified atom stereocenters. The van der Waals surface area contributed by atoms with Crippen LogP contribution in [0.1, 0.15) is 25.3 Å². The average Bonchev–Trinajstić information content (AvgIpc) is 3.29. The van der Waals surface area contributed by atoms with Crippen LogP contribution in [0.4, 0.5) is 18.9 Å². The maximum Gasteiger partial charge on any atom is 0.416 e. The van der Waals surface area contributed by atoms with Gasteiger partial charge in [0.1, 0.15) is 5.54 Å². The van der Waals surface area contributed by atoms with Crippen LogP contribution in [-0.4, -0.2) is 18.0 Å². The van der Waals surface area contributed by atoms with Crippen molar-refractivity contribution in [2.75, 3.05) is 11.9 Å². The summed E-state index contributed by atoms with van der Waals surface area (Å²) in [5.41, 5.74) is -1.21. The van der Waals surface area contributed by atoms with E-state index in [2.05, 4.69) is 16.7 Å². The lowest BCUT2D eigenvalue weighted by Gasteiger charge is -2.23. The summed E-state index contributed by atoms with van der Waals surface area (Å²) in [6, 6.07) is 6.53. The molecule has 4 nitrogen and oxygen atoms in total. The topological polar surface area (TPSA) is 64.9 Å². The highest BCUT2D eigenvalue weighted by Crippen LogP contribution is 2.39. The molecule has 0 bridgehead atoms. The number of nitriles is 1. The van der Waals surface area contributed by atoms with E-state index in [-0.39, 0.29) is 18.4 Å². The highest BCUT2D eigenvalue weighted by atomic mass is 19.4. The minimum atomic E-state index is -4.38. The lowest BCUT2D eigenvalue weighted by molar-refractivity contribution is -0.137. The molecule has 7 heteroatoms. The largest absolute Gasteiger partial charge is 0.416 e. The van der Waals surface area contributed by atoms with Crippen LogP contribution < -0.4 is 10.6 Å². The normalized spacial score (nSPS) is 17.2. The first-order valence-electron chi connectivity index (χ1n) is 6.88. The fourth-order valence-electron chi connectivity index (χ4n) is 2.18. The maximum absolute atomic E-state index is 12.4. The van der Waals surface area contributed by atoms with Crippen LogP contribution >= 0.6 is 0 Å². The average molecular weight is 311 g/mol. The molecule has 22 heavy (non-hydrogen) atoms. The first kappa shape index (κ1) is 16.1. The molecule has 0 spiro atoms. The Labute approximate surface area is 126 Å². The molecule has 0 radical (unpaired) electrons. The van der Waals surface area contributed by atoms with Crippen molar-refractivity contribution in [3.63, 3.8) is 0 Å². The van der Waals surface area contributed by atoms with Gasteiger partial charge in [0.05, 0.1) is 18.2 Å². The molecule has 1 aromatic carbocycles. The van der Waals surface area contributed by atoms with Crippen molar-refractivity contribution in [1.82, 2.24) is 5.32 Å². The van der Waals surface area contributed by atoms with Crippen molar-refractivity contribution >= 4 is 11.6 Å². The van der Waals surface area contributed by atoms with Crippen LogP contribution in [0.15, 0.2) is 24.3 Å². The third-order valence-electron chi connectivity index (χ3n) is 3.69. The van der Waals surface area contributed by atoms with E-state index >= 15 is 0 Å². The Morgan fingerprint density at radius 3 is 2.36 bits per heavy atom. The predicted molar refractivity (Wildman–Crippen MR) is 74.8 cm³/mol. The first-order valence-corrected chi connectivity index (χ1v) is 6.88. The Bertz CT molecular complexity index is 588. The molecule has 2 rings (SSSR count). The number of carbonyl (C=O) groups is 1. The van der Waals surface area contributed by atoms with Crippen LogP contribution in [0.3, 0.4) is 0 Å². The van der Waals surface area contributed by atoms with Crippen molar-refractivity contribution < 1.29 is 18.0 Å². The van der Waals surface area contributed by atoms with Crippen molar-refractivity contribution in [1.29, 1.82) is 5.26 Å². The zero-order valence-corrected chi connectivity index (χ0v) is 12.0. The molecule has 1 aliphatic rings. The number of benzene rings is 1. The lowest BCUT2D eigenvalue weighted by Crippen LogP contribution is -2.48. The Kier molecular flexibility index (Phi) is 4.31. The van der Waals surface area contributed by atoms with Crippen molar-refractivity contribution in [3.8, 4) is 6.07 Å². The van der Waals surface area contributed by atoms with Gasteiger partial charge in [0, 0.05) is 5.69 Å². The van der Waals surface area contributed by atoms with Gasteiger partial charge in [0.2, 0.25) is 5.91 Å². The molecule has 1 fully saturated rings. The SMILES string of the molecule is C[C@](C#N)(NC(=O)CNc1ccc(C(F)(F)F)cc1)C1CC1. The van der Waals surface area contributed by atoms with Crippen LogP contribution in [-0.2, 0) is 11.0 Å². The van der Waals surface area contributed by atoms with Gasteiger partial charge in [-0.15, -0.1) is 0 Å². The van der Waals surface area contributed by atoms with Gasteiger partial charge in [-0.2, -0.15) is 18.4 Å². The van der Waals surface area contributed by atoms with Crippen molar-refractivity contribution in [2.24, 2.45) is 5.92 Å². The van der Waals surface area contributed by atoms with E-state index < -0.39 is 17.3 Å². The molecule has 1 amide bonds. The third-order valence-corrected chi connectivity index (χ3v) is 3.69. The Balaban J connectivity index is 1.87. The van der Waals surface area contributed by atoms with Crippen molar-refractivity contribution in [3.05, 3.63) is 29.8 Å².